The Labute approximate surface area is 172 Å². The Balaban J connectivity index is 1.66. The van der Waals surface area contributed by atoms with Gasteiger partial charge in [-0.15, -0.1) is 0 Å². The van der Waals surface area contributed by atoms with Gasteiger partial charge in [0.15, 0.2) is 0 Å². The van der Waals surface area contributed by atoms with E-state index in [0.717, 1.165) is 0 Å². The smallest absolute Gasteiger partial charge is 0.354 e. The summed E-state index contributed by atoms with van der Waals surface area (Å²) in [5, 5.41) is 10.8. The Kier molecular flexibility index (Phi) is 4.73. The van der Waals surface area contributed by atoms with Crippen LogP contribution in [0.2, 0.25) is 0 Å². The van der Waals surface area contributed by atoms with Crippen LogP contribution in [0.3, 0.4) is 0 Å². The molecule has 0 aromatic heterocycles. The SMILES string of the molecule is CCN1C(=O)c2ccccc2N2C(=O)CC[C@]12C(=O)OCc1ccc([N+](=O)[O-])cc1. The maximum atomic E-state index is 13.3. The minimum atomic E-state index is -1.53. The molecule has 2 heterocycles. The van der Waals surface area contributed by atoms with Gasteiger partial charge in [0.2, 0.25) is 11.6 Å². The van der Waals surface area contributed by atoms with Crippen molar-refractivity contribution < 1.29 is 24.0 Å². The van der Waals surface area contributed by atoms with Crippen molar-refractivity contribution >= 4 is 29.2 Å². The molecule has 9 nitrogen and oxygen atoms in total. The molecule has 0 unspecified atom stereocenters. The minimum Gasteiger partial charge on any atom is -0.458 e. The van der Waals surface area contributed by atoms with Crippen LogP contribution in [0, 0.1) is 10.1 Å². The number of nitrogens with zero attached hydrogens (tertiary/aromatic N) is 3. The maximum Gasteiger partial charge on any atom is 0.354 e. The second-order valence-corrected chi connectivity index (χ2v) is 7.11. The highest BCUT2D eigenvalue weighted by atomic mass is 16.6. The fourth-order valence-electron chi connectivity index (χ4n) is 4.15. The number of amides is 2. The summed E-state index contributed by atoms with van der Waals surface area (Å²) < 4.78 is 5.52. The van der Waals surface area contributed by atoms with Crippen LogP contribution < -0.4 is 4.90 Å². The zero-order valence-corrected chi connectivity index (χ0v) is 16.2. The van der Waals surface area contributed by atoms with Crippen molar-refractivity contribution in [3.8, 4) is 0 Å². The number of hydrogen-bond donors (Lipinski definition) is 0. The number of benzene rings is 2. The van der Waals surface area contributed by atoms with Crippen LogP contribution in [-0.2, 0) is 20.9 Å². The van der Waals surface area contributed by atoms with Crippen molar-refractivity contribution in [1.29, 1.82) is 0 Å². The number of carbonyl (C=O) groups excluding carboxylic acids is 3. The van der Waals surface area contributed by atoms with Gasteiger partial charge in [-0.2, -0.15) is 0 Å². The van der Waals surface area contributed by atoms with E-state index in [1.165, 1.54) is 34.1 Å². The van der Waals surface area contributed by atoms with E-state index >= 15 is 0 Å². The molecule has 4 rings (SSSR count). The number of ether oxygens (including phenoxy) is 1. The third-order valence-corrected chi connectivity index (χ3v) is 5.53. The second-order valence-electron chi connectivity index (χ2n) is 7.11. The summed E-state index contributed by atoms with van der Waals surface area (Å²) in [5.41, 5.74) is -0.261. The number of likely N-dealkylation sites (N-methyl/N-ethyl adjacent to an activating group) is 1. The number of non-ortho nitro benzene ring substituents is 1. The molecular formula is C21H19N3O6. The van der Waals surface area contributed by atoms with Gasteiger partial charge in [-0.25, -0.2) is 4.79 Å². The average molecular weight is 409 g/mol. The van der Waals surface area contributed by atoms with Crippen molar-refractivity contribution in [2.75, 3.05) is 11.4 Å². The number of hydrogen-bond acceptors (Lipinski definition) is 6. The lowest BCUT2D eigenvalue weighted by molar-refractivity contribution is -0.384. The molecule has 30 heavy (non-hydrogen) atoms. The van der Waals surface area contributed by atoms with Gasteiger partial charge in [0, 0.05) is 31.5 Å². The molecule has 0 aliphatic carbocycles. The fraction of sp³-hybridized carbons (Fsp3) is 0.286. The molecular weight excluding hydrogens is 390 g/mol. The van der Waals surface area contributed by atoms with Crippen molar-refractivity contribution in [2.24, 2.45) is 0 Å². The first-order valence-corrected chi connectivity index (χ1v) is 9.54. The van der Waals surface area contributed by atoms with E-state index in [1.807, 2.05) is 0 Å². The molecule has 2 aliphatic heterocycles. The van der Waals surface area contributed by atoms with E-state index in [4.69, 9.17) is 4.74 Å². The molecule has 2 aromatic rings. The zero-order valence-electron chi connectivity index (χ0n) is 16.2. The highest BCUT2D eigenvalue weighted by molar-refractivity contribution is 6.15. The van der Waals surface area contributed by atoms with Gasteiger partial charge in [-0.1, -0.05) is 12.1 Å². The summed E-state index contributed by atoms with van der Waals surface area (Å²) >= 11 is 0. The summed E-state index contributed by atoms with van der Waals surface area (Å²) in [6, 6.07) is 12.4. The topological polar surface area (TPSA) is 110 Å². The van der Waals surface area contributed by atoms with E-state index in [9.17, 15) is 24.5 Å². The number of fused-ring (bicyclic) bond motifs is 3. The highest BCUT2D eigenvalue weighted by Crippen LogP contribution is 2.45. The van der Waals surface area contributed by atoms with Gasteiger partial charge in [0.05, 0.1) is 16.2 Å². The summed E-state index contributed by atoms with van der Waals surface area (Å²) in [7, 11) is 0. The molecule has 0 bridgehead atoms. The van der Waals surface area contributed by atoms with Crippen molar-refractivity contribution in [3.05, 3.63) is 69.8 Å². The first-order valence-electron chi connectivity index (χ1n) is 9.54. The van der Waals surface area contributed by atoms with Crippen molar-refractivity contribution in [2.45, 2.75) is 32.0 Å². The number of esters is 1. The van der Waals surface area contributed by atoms with E-state index in [0.29, 0.717) is 16.8 Å². The molecule has 0 saturated carbocycles. The minimum absolute atomic E-state index is 0.0668. The summed E-state index contributed by atoms with van der Waals surface area (Å²) in [4.78, 5) is 52.2. The van der Waals surface area contributed by atoms with E-state index in [1.54, 1.807) is 31.2 Å². The molecule has 1 fully saturated rings. The van der Waals surface area contributed by atoms with Crippen LogP contribution in [0.4, 0.5) is 11.4 Å². The van der Waals surface area contributed by atoms with Crippen LogP contribution >= 0.6 is 0 Å². The van der Waals surface area contributed by atoms with Crippen LogP contribution in [-0.4, -0.2) is 39.8 Å². The third kappa shape index (κ3) is 2.81. The number of nitro groups is 1. The number of nitro benzene ring substituents is 1. The average Bonchev–Trinajstić information content (AvgIpc) is 3.11. The molecule has 0 radical (unpaired) electrons. The maximum absolute atomic E-state index is 13.3. The van der Waals surface area contributed by atoms with Crippen molar-refractivity contribution in [1.82, 2.24) is 4.90 Å². The lowest BCUT2D eigenvalue weighted by Gasteiger charge is -2.48. The zero-order chi connectivity index (χ0) is 21.5. The monoisotopic (exact) mass is 409 g/mol. The van der Waals surface area contributed by atoms with Gasteiger partial charge in [-0.3, -0.25) is 24.6 Å². The molecule has 9 heteroatoms. The molecule has 0 N–H and O–H groups in total. The van der Waals surface area contributed by atoms with E-state index in [-0.39, 0.29) is 43.5 Å². The van der Waals surface area contributed by atoms with Crippen LogP contribution in [0.5, 0.6) is 0 Å². The van der Waals surface area contributed by atoms with Crippen LogP contribution in [0.15, 0.2) is 48.5 Å². The molecule has 2 amide bonds. The molecule has 1 saturated heterocycles. The Bertz CT molecular complexity index is 1050. The molecule has 2 aliphatic rings. The van der Waals surface area contributed by atoms with Gasteiger partial charge >= 0.3 is 5.97 Å². The first kappa shape index (κ1) is 19.6. The molecule has 0 spiro atoms. The highest BCUT2D eigenvalue weighted by Gasteiger charge is 2.61. The number of para-hydroxylation sites is 1. The summed E-state index contributed by atoms with van der Waals surface area (Å²) in [6.45, 7) is 1.84. The molecule has 1 atom stereocenters. The number of carbonyl (C=O) groups is 3. The van der Waals surface area contributed by atoms with E-state index < -0.39 is 16.6 Å². The van der Waals surface area contributed by atoms with Crippen LogP contribution in [0.1, 0.15) is 35.7 Å². The van der Waals surface area contributed by atoms with Gasteiger partial charge in [-0.05, 0) is 36.8 Å². The Morgan fingerprint density at radius 2 is 1.87 bits per heavy atom. The van der Waals surface area contributed by atoms with Gasteiger partial charge < -0.3 is 9.64 Å². The van der Waals surface area contributed by atoms with Crippen LogP contribution in [0.25, 0.3) is 0 Å². The Hall–Kier alpha value is -3.75. The Morgan fingerprint density at radius 3 is 2.53 bits per heavy atom. The lowest BCUT2D eigenvalue weighted by Crippen LogP contribution is -2.68. The normalized spacial score (nSPS) is 20.0. The third-order valence-electron chi connectivity index (χ3n) is 5.53. The number of rotatable bonds is 5. The summed E-state index contributed by atoms with van der Waals surface area (Å²) in [6.07, 6.45) is 0.254. The van der Waals surface area contributed by atoms with Crippen molar-refractivity contribution in [3.63, 3.8) is 0 Å². The Morgan fingerprint density at radius 1 is 1.17 bits per heavy atom. The predicted molar refractivity (Wildman–Crippen MR) is 105 cm³/mol. The van der Waals surface area contributed by atoms with Gasteiger partial charge in [0.1, 0.15) is 6.61 Å². The van der Waals surface area contributed by atoms with E-state index in [2.05, 4.69) is 0 Å². The standard InChI is InChI=1S/C21H19N3O6/c1-2-22-19(26)16-5-3-4-6-17(16)23-18(25)11-12-21(22,23)20(27)30-13-14-7-9-15(10-8-14)24(28)29/h3-10H,2,11-13H2,1H3/t21-/m0/s1. The molecule has 2 aromatic carbocycles. The first-order chi connectivity index (χ1) is 14.4. The number of anilines is 1. The second kappa shape index (κ2) is 7.25. The summed E-state index contributed by atoms with van der Waals surface area (Å²) in [5.74, 6) is -1.27. The molecule has 154 valence electrons. The largest absolute Gasteiger partial charge is 0.458 e. The fourth-order valence-corrected chi connectivity index (χ4v) is 4.15. The predicted octanol–water partition coefficient (Wildman–Crippen LogP) is 2.64. The van der Waals surface area contributed by atoms with Gasteiger partial charge in [0.25, 0.3) is 11.6 Å². The quantitative estimate of drug-likeness (QED) is 0.427. The lowest BCUT2D eigenvalue weighted by atomic mass is 9.96.